The molecule has 2 atom stereocenters. The van der Waals surface area contributed by atoms with Crippen molar-refractivity contribution in [2.24, 2.45) is 0 Å². The summed E-state index contributed by atoms with van der Waals surface area (Å²) in [6.07, 6.45) is -0.246. The maximum atomic E-state index is 15.4. The number of halogens is 3. The van der Waals surface area contributed by atoms with Crippen molar-refractivity contribution in [3.05, 3.63) is 28.2 Å². The normalized spacial score (nSPS) is 21.5. The lowest BCUT2D eigenvalue weighted by Gasteiger charge is -2.43. The van der Waals surface area contributed by atoms with Crippen LogP contribution in [0.1, 0.15) is 39.7 Å². The fraction of sp³-hybridized carbons (Fsp3) is 0.588. The fourth-order valence-electron chi connectivity index (χ4n) is 2.61. The number of nitrogens with one attached hydrogen (secondary N) is 1. The molecule has 1 heterocycles. The molecule has 0 aromatic heterocycles. The Hall–Kier alpha value is -1.06. The molecule has 0 aliphatic carbocycles. The molecule has 0 saturated heterocycles. The van der Waals surface area contributed by atoms with Gasteiger partial charge in [-0.05, 0) is 45.9 Å². The van der Waals surface area contributed by atoms with Gasteiger partial charge in [-0.15, -0.1) is 0 Å². The quantitative estimate of drug-likeness (QED) is 0.690. The van der Waals surface area contributed by atoms with Crippen molar-refractivity contribution in [3.63, 3.8) is 0 Å². The molecule has 0 bridgehead atoms. The van der Waals surface area contributed by atoms with Crippen molar-refractivity contribution in [1.29, 1.82) is 0 Å². The molecule has 5 nitrogen and oxygen atoms in total. The Balaban J connectivity index is 2.67. The maximum Gasteiger partial charge on any atom is 0.379 e. The molecule has 2 rings (SSSR count). The maximum absolute atomic E-state index is 15.4. The standard InChI is InChI=1S/C17H22BrF2NO4S/c1-5-24-14(22)17(19,20)16(21-26(23)15(2,3)4)8-9-25-13-7-6-11(18)10-12(13)16/h6-7,10,21H,5,8-9H2,1-4H3/t16-,26?/m1/s1. The molecule has 0 radical (unpaired) electrons. The summed E-state index contributed by atoms with van der Waals surface area (Å²) < 4.78 is 55.8. The van der Waals surface area contributed by atoms with E-state index in [9.17, 15) is 9.00 Å². The summed E-state index contributed by atoms with van der Waals surface area (Å²) in [6.45, 7) is 6.19. The van der Waals surface area contributed by atoms with Gasteiger partial charge in [0.25, 0.3) is 0 Å². The second-order valence-corrected chi connectivity index (χ2v) is 9.80. The lowest BCUT2D eigenvalue weighted by Crippen LogP contribution is -2.63. The van der Waals surface area contributed by atoms with E-state index < -0.39 is 33.2 Å². The molecule has 146 valence electrons. The van der Waals surface area contributed by atoms with Gasteiger partial charge in [0.05, 0.1) is 28.9 Å². The SMILES string of the molecule is CCOC(=O)C(F)(F)[C@@]1(NS(=O)C(C)(C)C)CCOc2ccc(Br)cc21. The molecule has 0 spiro atoms. The monoisotopic (exact) mass is 453 g/mol. The highest BCUT2D eigenvalue weighted by molar-refractivity contribution is 9.10. The number of carbonyl (C=O) groups excluding carboxylic acids is 1. The highest BCUT2D eigenvalue weighted by Crippen LogP contribution is 2.48. The third kappa shape index (κ3) is 3.80. The molecule has 1 N–H and O–H groups in total. The van der Waals surface area contributed by atoms with Gasteiger partial charge in [-0.3, -0.25) is 0 Å². The zero-order valence-corrected chi connectivity index (χ0v) is 17.4. The minimum Gasteiger partial charge on any atom is -0.493 e. The smallest absolute Gasteiger partial charge is 0.379 e. The van der Waals surface area contributed by atoms with Gasteiger partial charge >= 0.3 is 11.9 Å². The molecular weight excluding hydrogens is 432 g/mol. The van der Waals surface area contributed by atoms with E-state index in [0.29, 0.717) is 4.47 Å². The summed E-state index contributed by atoms with van der Waals surface area (Å²) in [7, 11) is -1.86. The summed E-state index contributed by atoms with van der Waals surface area (Å²) in [5, 5.41) is 0. The summed E-state index contributed by atoms with van der Waals surface area (Å²) in [4.78, 5) is 12.1. The number of ether oxygens (including phenoxy) is 2. The van der Waals surface area contributed by atoms with E-state index in [1.807, 2.05) is 0 Å². The number of hydrogen-bond donors (Lipinski definition) is 1. The fourth-order valence-corrected chi connectivity index (χ4v) is 3.94. The summed E-state index contributed by atoms with van der Waals surface area (Å²) in [5.74, 6) is -5.41. The van der Waals surface area contributed by atoms with Crippen LogP contribution in [0, 0.1) is 0 Å². The first-order valence-electron chi connectivity index (χ1n) is 8.13. The zero-order valence-electron chi connectivity index (χ0n) is 15.0. The first kappa shape index (κ1) is 21.2. The Labute approximate surface area is 162 Å². The van der Waals surface area contributed by atoms with Crippen LogP contribution in [0.3, 0.4) is 0 Å². The van der Waals surface area contributed by atoms with Gasteiger partial charge in [0, 0.05) is 16.5 Å². The molecule has 1 aromatic carbocycles. The predicted octanol–water partition coefficient (Wildman–Crippen LogP) is 3.68. The molecule has 0 amide bonds. The molecule has 0 fully saturated rings. The van der Waals surface area contributed by atoms with Gasteiger partial charge in [0.15, 0.2) is 0 Å². The first-order chi connectivity index (χ1) is 12.0. The third-order valence-corrected chi connectivity index (χ3v) is 6.17. The van der Waals surface area contributed by atoms with Crippen LogP contribution < -0.4 is 9.46 Å². The number of benzene rings is 1. The van der Waals surface area contributed by atoms with Crippen molar-refractivity contribution in [1.82, 2.24) is 4.72 Å². The van der Waals surface area contributed by atoms with Gasteiger partial charge in [0.1, 0.15) is 11.3 Å². The Bertz CT molecular complexity index is 723. The van der Waals surface area contributed by atoms with Gasteiger partial charge < -0.3 is 9.47 Å². The van der Waals surface area contributed by atoms with Crippen LogP contribution in [-0.4, -0.2) is 34.1 Å². The summed E-state index contributed by atoms with van der Waals surface area (Å²) in [5.41, 5.74) is -2.15. The van der Waals surface area contributed by atoms with Crippen molar-refractivity contribution in [2.75, 3.05) is 13.2 Å². The lowest BCUT2D eigenvalue weighted by atomic mass is 9.79. The van der Waals surface area contributed by atoms with E-state index >= 15 is 8.78 Å². The molecule has 0 saturated carbocycles. The van der Waals surface area contributed by atoms with E-state index in [0.717, 1.165) is 0 Å². The number of esters is 1. The van der Waals surface area contributed by atoms with E-state index in [2.05, 4.69) is 25.4 Å². The predicted molar refractivity (Wildman–Crippen MR) is 98.5 cm³/mol. The minimum absolute atomic E-state index is 0.0576. The van der Waals surface area contributed by atoms with Crippen molar-refractivity contribution >= 4 is 32.9 Å². The number of fused-ring (bicyclic) bond motifs is 1. The molecule has 1 aliphatic rings. The average molecular weight is 454 g/mol. The largest absolute Gasteiger partial charge is 0.493 e. The third-order valence-electron chi connectivity index (χ3n) is 4.03. The van der Waals surface area contributed by atoms with Crippen LogP contribution >= 0.6 is 15.9 Å². The number of alkyl halides is 2. The van der Waals surface area contributed by atoms with Crippen molar-refractivity contribution in [3.8, 4) is 5.75 Å². The number of carbonyl (C=O) groups is 1. The second-order valence-electron chi connectivity index (χ2n) is 6.92. The van der Waals surface area contributed by atoms with E-state index in [-0.39, 0.29) is 30.9 Å². The lowest BCUT2D eigenvalue weighted by molar-refractivity contribution is -0.187. The van der Waals surface area contributed by atoms with Gasteiger partial charge in [-0.1, -0.05) is 15.9 Å². The van der Waals surface area contributed by atoms with Gasteiger partial charge in [-0.25, -0.2) is 13.7 Å². The molecule has 1 aromatic rings. The van der Waals surface area contributed by atoms with Crippen LogP contribution in [-0.2, 0) is 26.1 Å². The van der Waals surface area contributed by atoms with Gasteiger partial charge in [0.2, 0.25) is 0 Å². The minimum atomic E-state index is -3.96. The summed E-state index contributed by atoms with van der Waals surface area (Å²) in [6, 6.07) is 4.64. The average Bonchev–Trinajstić information content (AvgIpc) is 2.54. The second kappa shape index (κ2) is 7.52. The van der Waals surface area contributed by atoms with E-state index in [4.69, 9.17) is 4.74 Å². The Morgan fingerprint density at radius 1 is 1.42 bits per heavy atom. The highest BCUT2D eigenvalue weighted by Gasteiger charge is 2.64. The van der Waals surface area contributed by atoms with E-state index in [1.165, 1.54) is 19.1 Å². The van der Waals surface area contributed by atoms with E-state index in [1.54, 1.807) is 26.8 Å². The van der Waals surface area contributed by atoms with Crippen LogP contribution in [0.2, 0.25) is 0 Å². The Morgan fingerprint density at radius 2 is 2.08 bits per heavy atom. The molecular formula is C17H22BrF2NO4S. The van der Waals surface area contributed by atoms with Crippen LogP contribution in [0.5, 0.6) is 5.75 Å². The molecule has 1 unspecified atom stereocenters. The molecule has 9 heteroatoms. The molecule has 26 heavy (non-hydrogen) atoms. The topological polar surface area (TPSA) is 64.6 Å². The van der Waals surface area contributed by atoms with Crippen LogP contribution in [0.25, 0.3) is 0 Å². The Kier molecular flexibility index (Phi) is 6.14. The first-order valence-corrected chi connectivity index (χ1v) is 10.1. The van der Waals surface area contributed by atoms with Gasteiger partial charge in [-0.2, -0.15) is 8.78 Å². The van der Waals surface area contributed by atoms with Crippen molar-refractivity contribution < 1.29 is 27.3 Å². The Morgan fingerprint density at radius 3 is 2.65 bits per heavy atom. The van der Waals surface area contributed by atoms with Crippen LogP contribution in [0.15, 0.2) is 22.7 Å². The molecule has 1 aliphatic heterocycles. The van der Waals surface area contributed by atoms with Crippen molar-refractivity contribution in [2.45, 2.75) is 50.3 Å². The van der Waals surface area contributed by atoms with Crippen LogP contribution in [0.4, 0.5) is 8.78 Å². The number of hydrogen-bond acceptors (Lipinski definition) is 4. The zero-order chi connectivity index (χ0) is 19.8. The number of rotatable bonds is 5. The summed E-state index contributed by atoms with van der Waals surface area (Å²) >= 11 is 3.26. The highest BCUT2D eigenvalue weighted by atomic mass is 79.9.